The fourth-order valence-electron chi connectivity index (χ4n) is 2.61. The molecule has 0 radical (unpaired) electrons. The van der Waals surface area contributed by atoms with Crippen LogP contribution >= 0.6 is 0 Å². The molecule has 1 aliphatic heterocycles. The van der Waals surface area contributed by atoms with Crippen LogP contribution in [-0.2, 0) is 14.4 Å². The van der Waals surface area contributed by atoms with E-state index in [4.69, 9.17) is 28.7 Å². The molecule has 3 atom stereocenters. The van der Waals surface area contributed by atoms with E-state index in [1.165, 1.54) is 6.92 Å². The van der Waals surface area contributed by atoms with Crippen LogP contribution in [0.4, 0.5) is 4.79 Å². The van der Waals surface area contributed by atoms with E-state index in [2.05, 4.69) is 25.9 Å². The molecule has 28 heavy (non-hydrogen) atoms. The standard InChI is InChI=1S/C14H26N10O4/c1-6-14(9(16)26,10(27)22-13(21-6)23-12(19)28)24-8(25)5-7(15)3-2-4-20-11(17)18/h6-7H,2-5,15H2,1H3,(H2,16,26)(H,24,25)(H4,17,18,20)(H4,19,21,22,23,27,28)/t6?,7-,14-/m0/s1. The number of primary amides is 2. The Morgan fingerprint density at radius 1 is 1.29 bits per heavy atom. The summed E-state index contributed by atoms with van der Waals surface area (Å²) in [5.74, 6) is -3.04. The summed E-state index contributed by atoms with van der Waals surface area (Å²) in [6.45, 7) is 1.73. The highest BCUT2D eigenvalue weighted by molar-refractivity contribution is 6.19. The summed E-state index contributed by atoms with van der Waals surface area (Å²) in [5.41, 5.74) is 24.5. The highest BCUT2D eigenvalue weighted by atomic mass is 16.2. The molecule has 0 aliphatic carbocycles. The number of guanidine groups is 2. The predicted molar refractivity (Wildman–Crippen MR) is 100 cm³/mol. The molecule has 156 valence electrons. The molecule has 14 nitrogen and oxygen atoms in total. The molecule has 1 unspecified atom stereocenters. The first kappa shape index (κ1) is 22.6. The molecule has 0 bridgehead atoms. The van der Waals surface area contributed by atoms with Gasteiger partial charge in [-0.2, -0.15) is 0 Å². The van der Waals surface area contributed by atoms with Crippen molar-refractivity contribution in [3.63, 3.8) is 0 Å². The van der Waals surface area contributed by atoms with Gasteiger partial charge in [-0.15, -0.1) is 0 Å². The van der Waals surface area contributed by atoms with Gasteiger partial charge in [0, 0.05) is 19.0 Å². The monoisotopic (exact) mass is 398 g/mol. The normalized spacial score (nSPS) is 22.3. The van der Waals surface area contributed by atoms with Crippen molar-refractivity contribution < 1.29 is 19.2 Å². The fraction of sp³-hybridized carbons (Fsp3) is 0.571. The minimum absolute atomic E-state index is 0.0437. The van der Waals surface area contributed by atoms with E-state index >= 15 is 0 Å². The molecule has 13 N–H and O–H groups in total. The van der Waals surface area contributed by atoms with Crippen LogP contribution in [0.5, 0.6) is 0 Å². The van der Waals surface area contributed by atoms with Crippen LogP contribution < -0.4 is 44.6 Å². The molecule has 14 heteroatoms. The number of hydrogen-bond donors (Lipinski definition) is 8. The second-order valence-electron chi connectivity index (χ2n) is 6.23. The van der Waals surface area contributed by atoms with Crippen molar-refractivity contribution in [1.29, 1.82) is 0 Å². The Kier molecular flexibility index (Phi) is 7.67. The molecule has 0 saturated carbocycles. The van der Waals surface area contributed by atoms with Crippen LogP contribution in [0.2, 0.25) is 0 Å². The number of nitrogens with one attached hydrogen (secondary N) is 3. The van der Waals surface area contributed by atoms with E-state index in [0.717, 1.165) is 0 Å². The number of carbonyl (C=O) groups is 4. The van der Waals surface area contributed by atoms with Crippen molar-refractivity contribution >= 4 is 35.7 Å². The average molecular weight is 398 g/mol. The van der Waals surface area contributed by atoms with Crippen LogP contribution in [-0.4, -0.2) is 59.8 Å². The van der Waals surface area contributed by atoms with E-state index < -0.39 is 41.4 Å². The van der Waals surface area contributed by atoms with Gasteiger partial charge in [-0.25, -0.2) is 9.79 Å². The quantitative estimate of drug-likeness (QED) is 0.0860. The fourth-order valence-corrected chi connectivity index (χ4v) is 2.61. The Bertz CT molecular complexity index is 702. The summed E-state index contributed by atoms with van der Waals surface area (Å²) in [4.78, 5) is 55.5. The van der Waals surface area contributed by atoms with Gasteiger partial charge >= 0.3 is 6.03 Å². The van der Waals surface area contributed by atoms with Gasteiger partial charge in [-0.1, -0.05) is 0 Å². The number of hydrogen-bond acceptors (Lipinski definition) is 7. The second kappa shape index (κ2) is 9.50. The smallest absolute Gasteiger partial charge is 0.318 e. The largest absolute Gasteiger partial charge is 0.370 e. The van der Waals surface area contributed by atoms with Gasteiger partial charge in [0.25, 0.3) is 11.8 Å². The molecule has 1 aliphatic rings. The van der Waals surface area contributed by atoms with Crippen LogP contribution in [0.15, 0.2) is 9.98 Å². The number of carbonyl (C=O) groups excluding carboxylic acids is 4. The van der Waals surface area contributed by atoms with Crippen molar-refractivity contribution in [2.45, 2.75) is 43.8 Å². The lowest BCUT2D eigenvalue weighted by molar-refractivity contribution is -0.142. The van der Waals surface area contributed by atoms with Gasteiger partial charge in [0.1, 0.15) is 0 Å². The summed E-state index contributed by atoms with van der Waals surface area (Å²) < 4.78 is 0. The van der Waals surface area contributed by atoms with Crippen LogP contribution in [0, 0.1) is 0 Å². The van der Waals surface area contributed by atoms with E-state index in [1.54, 1.807) is 0 Å². The minimum Gasteiger partial charge on any atom is -0.370 e. The maximum absolute atomic E-state index is 12.5. The van der Waals surface area contributed by atoms with E-state index in [9.17, 15) is 19.2 Å². The number of rotatable bonds is 8. The van der Waals surface area contributed by atoms with E-state index in [1.807, 2.05) is 0 Å². The van der Waals surface area contributed by atoms with Crippen molar-refractivity contribution in [3.05, 3.63) is 0 Å². The summed E-state index contributed by atoms with van der Waals surface area (Å²) in [6.07, 6.45) is 0.796. The maximum atomic E-state index is 12.5. The number of nitrogens with two attached hydrogens (primary N) is 5. The number of amides is 5. The molecule has 1 heterocycles. The molecule has 0 aromatic heterocycles. The molecular formula is C14H26N10O4. The molecule has 0 aromatic rings. The van der Waals surface area contributed by atoms with Gasteiger partial charge in [0.2, 0.25) is 17.4 Å². The third kappa shape index (κ3) is 5.80. The van der Waals surface area contributed by atoms with Crippen LogP contribution in [0.3, 0.4) is 0 Å². The van der Waals surface area contributed by atoms with Crippen LogP contribution in [0.25, 0.3) is 0 Å². The first-order valence-electron chi connectivity index (χ1n) is 8.36. The third-order valence-electron chi connectivity index (χ3n) is 3.98. The van der Waals surface area contributed by atoms with Crippen LogP contribution in [0.1, 0.15) is 26.2 Å². The first-order chi connectivity index (χ1) is 13.0. The number of urea groups is 1. The van der Waals surface area contributed by atoms with Gasteiger partial charge in [0.15, 0.2) is 5.96 Å². The lowest BCUT2D eigenvalue weighted by atomic mass is 9.87. The summed E-state index contributed by atoms with van der Waals surface area (Å²) in [7, 11) is 0. The summed E-state index contributed by atoms with van der Waals surface area (Å²) in [6, 6.07) is -2.63. The zero-order valence-corrected chi connectivity index (χ0v) is 15.4. The molecule has 0 saturated heterocycles. The summed E-state index contributed by atoms with van der Waals surface area (Å²) in [5, 5.41) is 6.58. The van der Waals surface area contributed by atoms with E-state index in [-0.39, 0.29) is 18.3 Å². The second-order valence-corrected chi connectivity index (χ2v) is 6.23. The minimum atomic E-state index is -2.14. The zero-order chi connectivity index (χ0) is 21.5. The van der Waals surface area contributed by atoms with Crippen molar-refractivity contribution in [2.75, 3.05) is 6.54 Å². The molecular weight excluding hydrogens is 372 g/mol. The van der Waals surface area contributed by atoms with E-state index in [0.29, 0.717) is 19.4 Å². The average Bonchev–Trinajstić information content (AvgIpc) is 2.54. The summed E-state index contributed by atoms with van der Waals surface area (Å²) >= 11 is 0. The zero-order valence-electron chi connectivity index (χ0n) is 15.4. The Hall–Kier alpha value is -3.42. The highest BCUT2D eigenvalue weighted by Crippen LogP contribution is 2.18. The Morgan fingerprint density at radius 3 is 2.43 bits per heavy atom. The number of nitrogens with zero attached hydrogens (tertiary/aromatic N) is 2. The predicted octanol–water partition coefficient (Wildman–Crippen LogP) is -4.36. The molecule has 1 rings (SSSR count). The molecule has 0 aromatic carbocycles. The first-order valence-corrected chi connectivity index (χ1v) is 8.36. The Morgan fingerprint density at radius 2 is 1.93 bits per heavy atom. The Balaban J connectivity index is 2.81. The lowest BCUT2D eigenvalue weighted by Gasteiger charge is -2.37. The van der Waals surface area contributed by atoms with Gasteiger partial charge in [-0.05, 0) is 19.8 Å². The molecule has 5 amide bonds. The molecule has 0 fully saturated rings. The maximum Gasteiger partial charge on any atom is 0.318 e. The molecule has 0 spiro atoms. The van der Waals surface area contributed by atoms with Crippen molar-refractivity contribution in [3.8, 4) is 0 Å². The van der Waals surface area contributed by atoms with Crippen molar-refractivity contribution in [2.24, 2.45) is 38.7 Å². The topological polar surface area (TPSA) is 259 Å². The van der Waals surface area contributed by atoms with Gasteiger partial charge in [-0.3, -0.25) is 30.0 Å². The Labute approximate surface area is 160 Å². The van der Waals surface area contributed by atoms with Crippen molar-refractivity contribution in [1.82, 2.24) is 16.0 Å². The third-order valence-corrected chi connectivity index (χ3v) is 3.98. The lowest BCUT2D eigenvalue weighted by Crippen LogP contribution is -2.74. The SMILES string of the molecule is CC1N=C(NC(N)=O)NC(=O)[C@@]1(NC(=O)C[C@@H](N)CCCN=C(N)N)C(N)=O. The van der Waals surface area contributed by atoms with Gasteiger partial charge in [0.05, 0.1) is 6.04 Å². The van der Waals surface area contributed by atoms with Gasteiger partial charge < -0.3 is 34.0 Å². The number of aliphatic imine (C=N–C) groups is 2. The highest BCUT2D eigenvalue weighted by Gasteiger charge is 2.53.